The SMILES string of the molecule is COOC(C)c1ccccc1C. The fourth-order valence-electron chi connectivity index (χ4n) is 1.24. The van der Waals surface area contributed by atoms with Crippen molar-refractivity contribution in [3.8, 4) is 0 Å². The Morgan fingerprint density at radius 2 is 1.92 bits per heavy atom. The van der Waals surface area contributed by atoms with E-state index in [1.165, 1.54) is 18.2 Å². The summed E-state index contributed by atoms with van der Waals surface area (Å²) in [6.45, 7) is 4.02. The summed E-state index contributed by atoms with van der Waals surface area (Å²) in [5.41, 5.74) is 2.39. The Hall–Kier alpha value is -0.860. The second kappa shape index (κ2) is 4.24. The van der Waals surface area contributed by atoms with Gasteiger partial charge in [0, 0.05) is 0 Å². The van der Waals surface area contributed by atoms with Gasteiger partial charge >= 0.3 is 0 Å². The Morgan fingerprint density at radius 1 is 1.25 bits per heavy atom. The van der Waals surface area contributed by atoms with Crippen molar-refractivity contribution in [3.05, 3.63) is 35.4 Å². The number of aryl methyl sites for hydroxylation is 1. The molecule has 0 aromatic heterocycles. The maximum absolute atomic E-state index is 5.01. The van der Waals surface area contributed by atoms with E-state index in [0.29, 0.717) is 0 Å². The largest absolute Gasteiger partial charge is 0.239 e. The van der Waals surface area contributed by atoms with E-state index in [4.69, 9.17) is 4.89 Å². The summed E-state index contributed by atoms with van der Waals surface area (Å²) in [6.07, 6.45) is -0.00352. The predicted molar refractivity (Wildman–Crippen MR) is 47.7 cm³/mol. The van der Waals surface area contributed by atoms with Gasteiger partial charge < -0.3 is 0 Å². The summed E-state index contributed by atoms with van der Waals surface area (Å²) < 4.78 is 0. The average Bonchev–Trinajstić information content (AvgIpc) is 2.05. The van der Waals surface area contributed by atoms with Gasteiger partial charge in [-0.05, 0) is 25.0 Å². The van der Waals surface area contributed by atoms with Crippen LogP contribution < -0.4 is 0 Å². The molecule has 0 saturated carbocycles. The molecule has 0 aliphatic carbocycles. The van der Waals surface area contributed by atoms with Crippen molar-refractivity contribution >= 4 is 0 Å². The topological polar surface area (TPSA) is 18.5 Å². The highest BCUT2D eigenvalue weighted by Gasteiger charge is 2.07. The second-order valence-electron chi connectivity index (χ2n) is 2.76. The molecule has 1 aromatic carbocycles. The van der Waals surface area contributed by atoms with Gasteiger partial charge in [0.15, 0.2) is 0 Å². The van der Waals surface area contributed by atoms with Crippen LogP contribution in [0.5, 0.6) is 0 Å². The first-order valence-corrected chi connectivity index (χ1v) is 4.00. The molecule has 12 heavy (non-hydrogen) atoms. The fraction of sp³-hybridized carbons (Fsp3) is 0.400. The van der Waals surface area contributed by atoms with Gasteiger partial charge in [-0.2, -0.15) is 0 Å². The monoisotopic (exact) mass is 166 g/mol. The van der Waals surface area contributed by atoms with E-state index < -0.39 is 0 Å². The zero-order valence-corrected chi connectivity index (χ0v) is 7.70. The van der Waals surface area contributed by atoms with Crippen LogP contribution in [0.15, 0.2) is 24.3 Å². The Bertz CT molecular complexity index is 245. The lowest BCUT2D eigenvalue weighted by atomic mass is 10.1. The Morgan fingerprint density at radius 3 is 2.50 bits per heavy atom. The van der Waals surface area contributed by atoms with Crippen molar-refractivity contribution in [1.29, 1.82) is 0 Å². The van der Waals surface area contributed by atoms with Gasteiger partial charge in [0.05, 0.1) is 7.11 Å². The van der Waals surface area contributed by atoms with Gasteiger partial charge in [-0.1, -0.05) is 24.3 Å². The van der Waals surface area contributed by atoms with E-state index in [1.807, 2.05) is 25.1 Å². The molecule has 0 heterocycles. The third kappa shape index (κ3) is 2.06. The number of hydrogen-bond donors (Lipinski definition) is 0. The van der Waals surface area contributed by atoms with E-state index in [0.717, 1.165) is 0 Å². The smallest absolute Gasteiger partial charge is 0.115 e. The first-order valence-electron chi connectivity index (χ1n) is 4.00. The maximum atomic E-state index is 5.01. The van der Waals surface area contributed by atoms with Crippen molar-refractivity contribution in [2.75, 3.05) is 7.11 Å². The van der Waals surface area contributed by atoms with Crippen LogP contribution in [-0.2, 0) is 9.78 Å². The zero-order chi connectivity index (χ0) is 8.97. The van der Waals surface area contributed by atoms with Crippen LogP contribution in [0.3, 0.4) is 0 Å². The summed E-state index contributed by atoms with van der Waals surface area (Å²) in [5, 5.41) is 0. The van der Waals surface area contributed by atoms with E-state index in [1.54, 1.807) is 0 Å². The van der Waals surface area contributed by atoms with E-state index in [2.05, 4.69) is 17.9 Å². The molecular weight excluding hydrogens is 152 g/mol. The van der Waals surface area contributed by atoms with Gasteiger partial charge in [0.1, 0.15) is 6.10 Å². The molecule has 1 rings (SSSR count). The van der Waals surface area contributed by atoms with Gasteiger partial charge in [-0.3, -0.25) is 0 Å². The molecule has 2 nitrogen and oxygen atoms in total. The Kier molecular flexibility index (Phi) is 3.26. The standard InChI is InChI=1S/C10H14O2/c1-8-6-4-5-7-10(8)9(2)12-11-3/h4-7,9H,1-3H3. The quantitative estimate of drug-likeness (QED) is 0.507. The first-order chi connectivity index (χ1) is 5.75. The highest BCUT2D eigenvalue weighted by atomic mass is 17.2. The lowest BCUT2D eigenvalue weighted by molar-refractivity contribution is -0.303. The molecule has 1 atom stereocenters. The zero-order valence-electron chi connectivity index (χ0n) is 7.70. The van der Waals surface area contributed by atoms with Crippen LogP contribution in [-0.4, -0.2) is 7.11 Å². The lowest BCUT2D eigenvalue weighted by Crippen LogP contribution is -2.00. The number of benzene rings is 1. The van der Waals surface area contributed by atoms with Crippen LogP contribution in [0.25, 0.3) is 0 Å². The fourth-order valence-corrected chi connectivity index (χ4v) is 1.24. The minimum atomic E-state index is -0.00352. The van der Waals surface area contributed by atoms with Gasteiger partial charge in [-0.15, -0.1) is 0 Å². The predicted octanol–water partition coefficient (Wildman–Crippen LogP) is 2.63. The van der Waals surface area contributed by atoms with Crippen LogP contribution in [0.4, 0.5) is 0 Å². The van der Waals surface area contributed by atoms with E-state index in [9.17, 15) is 0 Å². The molecule has 0 spiro atoms. The molecular formula is C10H14O2. The molecule has 2 heteroatoms. The van der Waals surface area contributed by atoms with Crippen molar-refractivity contribution in [1.82, 2.24) is 0 Å². The molecule has 0 radical (unpaired) electrons. The van der Waals surface area contributed by atoms with Gasteiger partial charge in [0.2, 0.25) is 0 Å². The molecule has 0 aliphatic rings. The van der Waals surface area contributed by atoms with Crippen LogP contribution in [0.1, 0.15) is 24.2 Å². The van der Waals surface area contributed by atoms with Crippen LogP contribution >= 0.6 is 0 Å². The maximum Gasteiger partial charge on any atom is 0.115 e. The third-order valence-corrected chi connectivity index (χ3v) is 1.87. The molecule has 0 amide bonds. The number of hydrogen-bond acceptors (Lipinski definition) is 2. The van der Waals surface area contributed by atoms with E-state index in [-0.39, 0.29) is 6.10 Å². The average molecular weight is 166 g/mol. The van der Waals surface area contributed by atoms with Gasteiger partial charge in [0.25, 0.3) is 0 Å². The molecule has 1 unspecified atom stereocenters. The van der Waals surface area contributed by atoms with Crippen molar-refractivity contribution < 1.29 is 9.78 Å². The molecule has 0 fully saturated rings. The minimum Gasteiger partial charge on any atom is -0.239 e. The van der Waals surface area contributed by atoms with Crippen LogP contribution in [0, 0.1) is 6.92 Å². The summed E-state index contributed by atoms with van der Waals surface area (Å²) in [4.78, 5) is 9.62. The number of rotatable bonds is 3. The molecule has 1 aromatic rings. The summed E-state index contributed by atoms with van der Waals surface area (Å²) >= 11 is 0. The summed E-state index contributed by atoms with van der Waals surface area (Å²) in [6, 6.07) is 8.11. The normalized spacial score (nSPS) is 12.9. The van der Waals surface area contributed by atoms with Crippen LogP contribution in [0.2, 0.25) is 0 Å². The molecule has 0 N–H and O–H groups in total. The van der Waals surface area contributed by atoms with Gasteiger partial charge in [-0.25, -0.2) is 9.78 Å². The van der Waals surface area contributed by atoms with E-state index >= 15 is 0 Å². The van der Waals surface area contributed by atoms with Crippen molar-refractivity contribution in [3.63, 3.8) is 0 Å². The highest BCUT2D eigenvalue weighted by molar-refractivity contribution is 5.27. The third-order valence-electron chi connectivity index (χ3n) is 1.87. The molecule has 0 saturated heterocycles. The Balaban J connectivity index is 2.79. The minimum absolute atomic E-state index is 0.00352. The molecule has 66 valence electrons. The first kappa shape index (κ1) is 9.23. The molecule has 0 aliphatic heterocycles. The lowest BCUT2D eigenvalue weighted by Gasteiger charge is -2.12. The summed E-state index contributed by atoms with van der Waals surface area (Å²) in [7, 11) is 1.52. The second-order valence-corrected chi connectivity index (χ2v) is 2.76. The summed E-state index contributed by atoms with van der Waals surface area (Å²) in [5.74, 6) is 0. The van der Waals surface area contributed by atoms with Crippen molar-refractivity contribution in [2.45, 2.75) is 20.0 Å². The van der Waals surface area contributed by atoms with Crippen molar-refractivity contribution in [2.24, 2.45) is 0 Å². The molecule has 0 bridgehead atoms. The Labute approximate surface area is 73.0 Å². The highest BCUT2D eigenvalue weighted by Crippen LogP contribution is 2.19.